The minimum absolute atomic E-state index is 0.732. The van der Waals surface area contributed by atoms with Crippen LogP contribution in [0.2, 0.25) is 0 Å². The number of para-hydroxylation sites is 1. The van der Waals surface area contributed by atoms with Crippen molar-refractivity contribution >= 4 is 53.6 Å². The van der Waals surface area contributed by atoms with Crippen LogP contribution in [0.15, 0.2) is 54.6 Å². The Balaban J connectivity index is 1.40. The van der Waals surface area contributed by atoms with Crippen molar-refractivity contribution in [2.24, 2.45) is 0 Å². The van der Waals surface area contributed by atoms with Gasteiger partial charge in [-0.3, -0.25) is 0 Å². The standard InChI is InChI=1S/C41H49N3S3/c1-5-7-9-11-13-15-19-30-25-32(31(23-28(30)3)20-16-14-12-10-8-6-2)34-26-35(37-27-39-38(46-37)24-29(4)45-39)43-40(42-34)41-44-33-21-17-18-22-36(33)47-41/h17-18,21-27H,5-16,19-20H2,1-4H3. The predicted molar refractivity (Wildman–Crippen MR) is 208 cm³/mol. The zero-order chi connectivity index (χ0) is 32.6. The lowest BCUT2D eigenvalue weighted by Gasteiger charge is -2.16. The molecule has 4 heterocycles. The molecule has 0 N–H and O–H groups in total. The first-order valence-corrected chi connectivity index (χ1v) is 20.4. The molecule has 47 heavy (non-hydrogen) atoms. The maximum Gasteiger partial charge on any atom is 0.189 e. The van der Waals surface area contributed by atoms with Crippen LogP contribution in [0.3, 0.4) is 0 Å². The van der Waals surface area contributed by atoms with E-state index in [0.717, 1.165) is 40.6 Å². The normalized spacial score (nSPS) is 11.7. The summed E-state index contributed by atoms with van der Waals surface area (Å²) in [4.78, 5) is 18.1. The van der Waals surface area contributed by atoms with E-state index in [4.69, 9.17) is 15.0 Å². The van der Waals surface area contributed by atoms with Crippen molar-refractivity contribution in [3.05, 3.63) is 76.2 Å². The highest BCUT2D eigenvalue weighted by Crippen LogP contribution is 2.40. The van der Waals surface area contributed by atoms with Gasteiger partial charge in [-0.25, -0.2) is 15.0 Å². The summed E-state index contributed by atoms with van der Waals surface area (Å²) in [7, 11) is 0. The number of thiophene rings is 2. The first kappa shape index (κ1) is 34.0. The molecule has 6 rings (SSSR count). The van der Waals surface area contributed by atoms with Crippen LogP contribution in [0.25, 0.3) is 52.3 Å². The van der Waals surface area contributed by atoms with Crippen LogP contribution in [0.4, 0.5) is 0 Å². The Morgan fingerprint density at radius 3 is 1.94 bits per heavy atom. The summed E-state index contributed by atoms with van der Waals surface area (Å²) in [6.45, 7) is 9.09. The van der Waals surface area contributed by atoms with Gasteiger partial charge in [0.05, 0.1) is 26.5 Å². The second-order valence-electron chi connectivity index (χ2n) is 13.1. The molecule has 246 valence electrons. The highest BCUT2D eigenvalue weighted by molar-refractivity contribution is 7.29. The van der Waals surface area contributed by atoms with Gasteiger partial charge in [-0.15, -0.1) is 34.0 Å². The van der Waals surface area contributed by atoms with Gasteiger partial charge in [0.2, 0.25) is 0 Å². The molecule has 0 bridgehead atoms. The monoisotopic (exact) mass is 679 g/mol. The minimum atomic E-state index is 0.732. The number of fused-ring (bicyclic) bond motifs is 2. The number of hydrogen-bond acceptors (Lipinski definition) is 6. The first-order valence-electron chi connectivity index (χ1n) is 17.9. The predicted octanol–water partition coefficient (Wildman–Crippen LogP) is 13.8. The lowest BCUT2D eigenvalue weighted by molar-refractivity contribution is 0.605. The Morgan fingerprint density at radius 2 is 1.21 bits per heavy atom. The van der Waals surface area contributed by atoms with Gasteiger partial charge in [0.1, 0.15) is 0 Å². The molecule has 0 unspecified atom stereocenters. The van der Waals surface area contributed by atoms with Crippen molar-refractivity contribution < 1.29 is 0 Å². The molecule has 0 aliphatic carbocycles. The number of benzene rings is 2. The summed E-state index contributed by atoms with van der Waals surface area (Å²) >= 11 is 5.39. The van der Waals surface area contributed by atoms with Crippen LogP contribution in [-0.4, -0.2) is 15.0 Å². The van der Waals surface area contributed by atoms with Crippen LogP contribution in [0.5, 0.6) is 0 Å². The molecule has 0 saturated carbocycles. The minimum Gasteiger partial charge on any atom is -0.233 e. The second kappa shape index (κ2) is 16.5. The Morgan fingerprint density at radius 1 is 0.553 bits per heavy atom. The smallest absolute Gasteiger partial charge is 0.189 e. The maximum absolute atomic E-state index is 5.32. The zero-order valence-corrected chi connectivity index (χ0v) is 31.1. The lowest BCUT2D eigenvalue weighted by Crippen LogP contribution is -2.01. The molecule has 0 saturated heterocycles. The van der Waals surface area contributed by atoms with Crippen LogP contribution in [0.1, 0.15) is 112 Å². The topological polar surface area (TPSA) is 38.7 Å². The quantitative estimate of drug-likeness (QED) is 0.0901. The molecule has 0 fully saturated rings. The number of aromatic nitrogens is 3. The zero-order valence-electron chi connectivity index (χ0n) is 28.7. The summed E-state index contributed by atoms with van der Waals surface area (Å²) in [5, 5.41) is 0.889. The summed E-state index contributed by atoms with van der Waals surface area (Å²) in [5.74, 6) is 0.732. The number of unbranched alkanes of at least 4 members (excludes halogenated alkanes) is 10. The Hall–Kier alpha value is -2.93. The Bertz CT molecular complexity index is 1850. The van der Waals surface area contributed by atoms with Gasteiger partial charge in [0.15, 0.2) is 10.8 Å². The fraction of sp³-hybridized carbons (Fsp3) is 0.439. The van der Waals surface area contributed by atoms with Gasteiger partial charge in [-0.1, -0.05) is 96.3 Å². The second-order valence-corrected chi connectivity index (χ2v) is 16.5. The highest BCUT2D eigenvalue weighted by atomic mass is 32.1. The van der Waals surface area contributed by atoms with Crippen molar-refractivity contribution in [1.29, 1.82) is 0 Å². The number of aryl methyl sites for hydroxylation is 4. The van der Waals surface area contributed by atoms with Gasteiger partial charge in [-0.2, -0.15) is 0 Å². The average Bonchev–Trinajstić information content (AvgIpc) is 3.78. The molecule has 0 spiro atoms. The van der Waals surface area contributed by atoms with Crippen molar-refractivity contribution in [3.63, 3.8) is 0 Å². The summed E-state index contributed by atoms with van der Waals surface area (Å²) in [6, 6.07) is 20.2. The van der Waals surface area contributed by atoms with Crippen LogP contribution < -0.4 is 0 Å². The molecular weight excluding hydrogens is 631 g/mol. The molecule has 6 heteroatoms. The fourth-order valence-corrected chi connectivity index (χ4v) is 9.75. The fourth-order valence-electron chi connectivity index (χ4n) is 6.58. The first-order chi connectivity index (χ1) is 23.0. The van der Waals surface area contributed by atoms with Crippen LogP contribution in [-0.2, 0) is 12.8 Å². The molecular formula is C41H49N3S3. The summed E-state index contributed by atoms with van der Waals surface area (Å²) in [5.41, 5.74) is 8.64. The van der Waals surface area contributed by atoms with Gasteiger partial charge in [-0.05, 0) is 92.6 Å². The lowest BCUT2D eigenvalue weighted by atomic mass is 9.91. The molecule has 0 radical (unpaired) electrons. The molecule has 6 aromatic rings. The van der Waals surface area contributed by atoms with Gasteiger partial charge < -0.3 is 0 Å². The highest BCUT2D eigenvalue weighted by Gasteiger charge is 2.19. The third-order valence-electron chi connectivity index (χ3n) is 9.23. The Kier molecular flexibility index (Phi) is 11.9. The summed E-state index contributed by atoms with van der Waals surface area (Å²) in [6.07, 6.45) is 17.9. The van der Waals surface area contributed by atoms with Gasteiger partial charge in [0, 0.05) is 19.8 Å². The van der Waals surface area contributed by atoms with E-state index < -0.39 is 0 Å². The number of rotatable bonds is 17. The number of thiazole rings is 1. The maximum atomic E-state index is 5.32. The van der Waals surface area contributed by atoms with E-state index in [9.17, 15) is 0 Å². The summed E-state index contributed by atoms with van der Waals surface area (Å²) < 4.78 is 3.85. The van der Waals surface area contributed by atoms with Gasteiger partial charge >= 0.3 is 0 Å². The van der Waals surface area contributed by atoms with E-state index >= 15 is 0 Å². The average molecular weight is 680 g/mol. The van der Waals surface area contributed by atoms with Crippen molar-refractivity contribution in [1.82, 2.24) is 15.0 Å². The van der Waals surface area contributed by atoms with Crippen molar-refractivity contribution in [2.45, 2.75) is 118 Å². The molecule has 4 aromatic heterocycles. The van der Waals surface area contributed by atoms with E-state index in [1.807, 2.05) is 22.7 Å². The molecule has 0 aliphatic heterocycles. The van der Waals surface area contributed by atoms with Crippen molar-refractivity contribution in [3.8, 4) is 32.7 Å². The molecule has 2 aromatic carbocycles. The third-order valence-corrected chi connectivity index (χ3v) is 12.5. The van der Waals surface area contributed by atoms with Crippen LogP contribution >= 0.6 is 34.0 Å². The Labute approximate surface area is 293 Å². The number of nitrogens with zero attached hydrogens (tertiary/aromatic N) is 3. The SMILES string of the molecule is CCCCCCCCc1cc(-c2cc(-c3cc4sc(C)cc4s3)nc(-c3nc4ccccc4s3)n2)c(CCCCCCCC)cc1C. The van der Waals surface area contributed by atoms with Crippen molar-refractivity contribution in [2.75, 3.05) is 0 Å². The molecule has 0 aliphatic rings. The van der Waals surface area contributed by atoms with E-state index in [2.05, 4.69) is 82.3 Å². The van der Waals surface area contributed by atoms with Crippen LogP contribution in [0, 0.1) is 13.8 Å². The molecule has 0 amide bonds. The van der Waals surface area contributed by atoms with E-state index in [0.29, 0.717) is 0 Å². The van der Waals surface area contributed by atoms with E-state index in [1.165, 1.54) is 123 Å². The number of hydrogen-bond donors (Lipinski definition) is 0. The largest absolute Gasteiger partial charge is 0.233 e. The van der Waals surface area contributed by atoms with E-state index in [1.54, 1.807) is 11.3 Å². The molecule has 0 atom stereocenters. The molecule has 3 nitrogen and oxygen atoms in total. The third kappa shape index (κ3) is 8.57. The van der Waals surface area contributed by atoms with Gasteiger partial charge in [0.25, 0.3) is 0 Å². The van der Waals surface area contributed by atoms with E-state index in [-0.39, 0.29) is 0 Å².